The van der Waals surface area contributed by atoms with E-state index in [2.05, 4.69) is 0 Å². The molecule has 0 atom stereocenters. The molecule has 0 aliphatic carbocycles. The van der Waals surface area contributed by atoms with Crippen LogP contribution in [0.2, 0.25) is 0 Å². The molecule has 0 fully saturated rings. The van der Waals surface area contributed by atoms with Crippen molar-refractivity contribution in [2.24, 2.45) is 0 Å². The van der Waals surface area contributed by atoms with Crippen LogP contribution in [0.5, 0.6) is 0 Å². The third-order valence-electron chi connectivity index (χ3n) is 2.03. The fraction of sp³-hybridized carbons (Fsp3) is 0.857. The van der Waals surface area contributed by atoms with E-state index in [0.717, 1.165) is 6.29 Å². The lowest BCUT2D eigenvalue weighted by atomic mass is 10.2. The van der Waals surface area contributed by atoms with Crippen molar-refractivity contribution in [1.29, 1.82) is 0 Å². The van der Waals surface area contributed by atoms with E-state index in [-0.39, 0.29) is 0 Å². The minimum absolute atomic E-state index is 0.472. The van der Waals surface area contributed by atoms with Crippen LogP contribution in [0.4, 0.5) is 0 Å². The number of rotatable bonds is 3. The number of hydrogen-bond acceptors (Lipinski definition) is 3. The van der Waals surface area contributed by atoms with Crippen molar-refractivity contribution in [2.45, 2.75) is 12.6 Å². The Morgan fingerprint density at radius 1 is 1.10 bits per heavy atom. The Labute approximate surface area is 62.6 Å². The summed E-state index contributed by atoms with van der Waals surface area (Å²) in [5.74, 6) is 0. The maximum Gasteiger partial charge on any atom is 0.154 e. The highest BCUT2D eigenvalue weighted by Gasteiger charge is 2.28. The molecule has 3 heteroatoms. The summed E-state index contributed by atoms with van der Waals surface area (Å²) in [7, 11) is 7.53. The molecule has 0 aromatic rings. The maximum absolute atomic E-state index is 10.6. The summed E-state index contributed by atoms with van der Waals surface area (Å²) < 4.78 is 0. The highest BCUT2D eigenvalue weighted by atomic mass is 16.1. The smallest absolute Gasteiger partial charge is 0.154 e. The lowest BCUT2D eigenvalue weighted by molar-refractivity contribution is -0.124. The summed E-state index contributed by atoms with van der Waals surface area (Å²) >= 11 is 0. The van der Waals surface area contributed by atoms with Crippen molar-refractivity contribution in [2.75, 3.05) is 28.2 Å². The predicted molar refractivity (Wildman–Crippen MR) is 41.8 cm³/mol. The molecular weight excluding hydrogens is 128 g/mol. The van der Waals surface area contributed by atoms with Crippen LogP contribution >= 0.6 is 0 Å². The van der Waals surface area contributed by atoms with Crippen molar-refractivity contribution in [3.63, 3.8) is 0 Å². The van der Waals surface area contributed by atoms with Crippen molar-refractivity contribution >= 4 is 6.29 Å². The molecule has 10 heavy (non-hydrogen) atoms. The fourth-order valence-corrected chi connectivity index (χ4v) is 0.611. The van der Waals surface area contributed by atoms with Crippen LogP contribution in [0.1, 0.15) is 6.92 Å². The molecule has 0 saturated carbocycles. The van der Waals surface area contributed by atoms with Gasteiger partial charge in [0, 0.05) is 0 Å². The molecule has 0 N–H and O–H groups in total. The Hall–Kier alpha value is -0.410. The Morgan fingerprint density at radius 2 is 1.40 bits per heavy atom. The second-order valence-electron chi connectivity index (χ2n) is 3.00. The summed E-state index contributed by atoms with van der Waals surface area (Å²) in [6.07, 6.45) is 0.938. The molecular formula is C7H16N2O. The molecule has 0 aliphatic rings. The topological polar surface area (TPSA) is 23.6 Å². The Morgan fingerprint density at radius 3 is 1.40 bits per heavy atom. The number of aldehydes is 1. The minimum Gasteiger partial charge on any atom is -0.300 e. The Balaban J connectivity index is 4.38. The molecule has 3 nitrogen and oxygen atoms in total. The van der Waals surface area contributed by atoms with Crippen molar-refractivity contribution in [3.8, 4) is 0 Å². The molecule has 0 heterocycles. The van der Waals surface area contributed by atoms with Gasteiger partial charge in [0.1, 0.15) is 5.66 Å². The van der Waals surface area contributed by atoms with E-state index in [1.165, 1.54) is 0 Å². The summed E-state index contributed by atoms with van der Waals surface area (Å²) in [5, 5.41) is 0. The predicted octanol–water partition coefficient (Wildman–Crippen LogP) is 0.0247. The van der Waals surface area contributed by atoms with Gasteiger partial charge in [-0.3, -0.25) is 14.6 Å². The van der Waals surface area contributed by atoms with Gasteiger partial charge >= 0.3 is 0 Å². The second-order valence-corrected chi connectivity index (χ2v) is 3.00. The first-order chi connectivity index (χ1) is 4.45. The van der Waals surface area contributed by atoms with E-state index in [4.69, 9.17) is 0 Å². The van der Waals surface area contributed by atoms with Crippen molar-refractivity contribution in [3.05, 3.63) is 0 Å². The first-order valence-electron chi connectivity index (χ1n) is 3.26. The normalized spacial score (nSPS) is 12.7. The van der Waals surface area contributed by atoms with Crippen LogP contribution in [-0.2, 0) is 4.79 Å². The summed E-state index contributed by atoms with van der Waals surface area (Å²) in [6, 6.07) is 0. The quantitative estimate of drug-likeness (QED) is 0.412. The van der Waals surface area contributed by atoms with E-state index >= 15 is 0 Å². The van der Waals surface area contributed by atoms with Gasteiger partial charge in [-0.2, -0.15) is 0 Å². The van der Waals surface area contributed by atoms with Crippen LogP contribution in [0.15, 0.2) is 0 Å². The van der Waals surface area contributed by atoms with Crippen molar-refractivity contribution in [1.82, 2.24) is 9.80 Å². The first-order valence-corrected chi connectivity index (χ1v) is 3.26. The standard InChI is InChI=1S/C7H16N2O/c1-7(6-10,8(2)3)9(4)5/h6H,1-5H3. The third-order valence-corrected chi connectivity index (χ3v) is 2.03. The zero-order valence-electron chi connectivity index (χ0n) is 7.38. The monoisotopic (exact) mass is 144 g/mol. The highest BCUT2D eigenvalue weighted by Crippen LogP contribution is 2.09. The lowest BCUT2D eigenvalue weighted by Crippen LogP contribution is -2.54. The molecule has 0 bridgehead atoms. The van der Waals surface area contributed by atoms with Gasteiger partial charge in [0.25, 0.3) is 0 Å². The molecule has 0 unspecified atom stereocenters. The molecule has 60 valence electrons. The molecule has 0 rings (SSSR count). The molecule has 0 aromatic carbocycles. The van der Waals surface area contributed by atoms with Crippen LogP contribution in [0.3, 0.4) is 0 Å². The molecule has 0 aromatic heterocycles. The zero-order valence-corrected chi connectivity index (χ0v) is 7.38. The summed E-state index contributed by atoms with van der Waals surface area (Å²) in [4.78, 5) is 14.4. The lowest BCUT2D eigenvalue weighted by Gasteiger charge is -2.36. The van der Waals surface area contributed by atoms with E-state index in [9.17, 15) is 4.79 Å². The molecule has 0 amide bonds. The van der Waals surface area contributed by atoms with Crippen molar-refractivity contribution < 1.29 is 4.79 Å². The molecule has 0 radical (unpaired) electrons. The van der Waals surface area contributed by atoms with Gasteiger partial charge in [-0.05, 0) is 35.1 Å². The number of carbonyl (C=O) groups is 1. The Kier molecular flexibility index (Phi) is 2.99. The SMILES string of the molecule is CN(C)C(C)(C=O)N(C)C. The van der Waals surface area contributed by atoms with Crippen LogP contribution in [-0.4, -0.2) is 49.9 Å². The van der Waals surface area contributed by atoms with E-state index in [1.807, 2.05) is 44.9 Å². The molecule has 0 saturated heterocycles. The number of hydrogen-bond donors (Lipinski definition) is 0. The van der Waals surface area contributed by atoms with Crippen LogP contribution < -0.4 is 0 Å². The van der Waals surface area contributed by atoms with E-state index < -0.39 is 5.66 Å². The summed E-state index contributed by atoms with van der Waals surface area (Å²) in [5.41, 5.74) is -0.472. The van der Waals surface area contributed by atoms with Crippen LogP contribution in [0, 0.1) is 0 Å². The van der Waals surface area contributed by atoms with Gasteiger partial charge in [-0.15, -0.1) is 0 Å². The van der Waals surface area contributed by atoms with Gasteiger partial charge in [0.05, 0.1) is 0 Å². The number of likely N-dealkylation sites (N-methyl/N-ethyl adjacent to an activating group) is 2. The maximum atomic E-state index is 10.6. The second kappa shape index (κ2) is 3.12. The highest BCUT2D eigenvalue weighted by molar-refractivity contribution is 5.62. The fourth-order valence-electron chi connectivity index (χ4n) is 0.611. The number of carbonyl (C=O) groups excluding carboxylic acids is 1. The minimum atomic E-state index is -0.472. The van der Waals surface area contributed by atoms with Gasteiger partial charge in [-0.1, -0.05) is 0 Å². The van der Waals surface area contributed by atoms with E-state index in [1.54, 1.807) is 0 Å². The first kappa shape index (κ1) is 9.59. The average Bonchev–Trinajstić information content (AvgIpc) is 1.85. The van der Waals surface area contributed by atoms with E-state index in [0.29, 0.717) is 0 Å². The Bertz CT molecular complexity index is 113. The van der Waals surface area contributed by atoms with Gasteiger partial charge in [0.2, 0.25) is 0 Å². The van der Waals surface area contributed by atoms with Gasteiger partial charge < -0.3 is 0 Å². The van der Waals surface area contributed by atoms with Gasteiger partial charge in [0.15, 0.2) is 6.29 Å². The van der Waals surface area contributed by atoms with Gasteiger partial charge in [-0.25, -0.2) is 0 Å². The van der Waals surface area contributed by atoms with Crippen LogP contribution in [0.25, 0.3) is 0 Å². The molecule has 0 aliphatic heterocycles. The largest absolute Gasteiger partial charge is 0.300 e. The average molecular weight is 144 g/mol. The molecule has 0 spiro atoms. The summed E-state index contributed by atoms with van der Waals surface area (Å²) in [6.45, 7) is 1.88. The zero-order chi connectivity index (χ0) is 8.36. The number of nitrogens with zero attached hydrogens (tertiary/aromatic N) is 2. The third kappa shape index (κ3) is 1.55.